The largest absolute Gasteiger partial charge is 0.504 e. The number of para-hydroxylation sites is 1. The Balaban J connectivity index is 2.11. The molecule has 2 aromatic carbocycles. The van der Waals surface area contributed by atoms with Gasteiger partial charge in [0, 0.05) is 16.7 Å². The van der Waals surface area contributed by atoms with Crippen LogP contribution in [0.15, 0.2) is 48.0 Å². The summed E-state index contributed by atoms with van der Waals surface area (Å²) in [7, 11) is 1.44. The van der Waals surface area contributed by atoms with Crippen molar-refractivity contribution >= 4 is 17.6 Å². The molecule has 0 aromatic heterocycles. The zero-order valence-electron chi connectivity index (χ0n) is 11.3. The van der Waals surface area contributed by atoms with Crippen molar-refractivity contribution in [3.8, 4) is 11.5 Å². The number of fused-ring (bicyclic) bond motifs is 1. The number of carbonyl (C=O) groups is 2. The van der Waals surface area contributed by atoms with Crippen LogP contribution >= 0.6 is 0 Å². The van der Waals surface area contributed by atoms with Gasteiger partial charge >= 0.3 is 0 Å². The number of hydrogen-bond donors (Lipinski definition) is 1. The number of benzene rings is 2. The van der Waals surface area contributed by atoms with Crippen LogP contribution in [0.5, 0.6) is 11.5 Å². The molecule has 21 heavy (non-hydrogen) atoms. The standard InChI is InChI=1S/C17H12O4/c1-21-14-8-4-5-10(15(14)18)9-13-16(19)11-6-2-3-7-12(11)17(13)20/h2-9,18H,1H3. The second kappa shape index (κ2) is 4.90. The molecule has 0 aliphatic heterocycles. The highest BCUT2D eigenvalue weighted by atomic mass is 16.5. The van der Waals surface area contributed by atoms with E-state index in [2.05, 4.69) is 0 Å². The normalized spacial score (nSPS) is 13.3. The molecule has 0 bridgehead atoms. The van der Waals surface area contributed by atoms with Crippen LogP contribution in [0, 0.1) is 0 Å². The number of phenolic OH excluding ortho intramolecular Hbond substituents is 1. The van der Waals surface area contributed by atoms with E-state index in [0.717, 1.165) is 0 Å². The van der Waals surface area contributed by atoms with E-state index in [9.17, 15) is 14.7 Å². The molecule has 104 valence electrons. The molecular formula is C17H12O4. The molecular weight excluding hydrogens is 268 g/mol. The summed E-state index contributed by atoms with van der Waals surface area (Å²) >= 11 is 0. The summed E-state index contributed by atoms with van der Waals surface area (Å²) in [5, 5.41) is 10.0. The van der Waals surface area contributed by atoms with Crippen molar-refractivity contribution in [3.05, 3.63) is 64.7 Å². The zero-order valence-corrected chi connectivity index (χ0v) is 11.3. The fourth-order valence-electron chi connectivity index (χ4n) is 2.38. The topological polar surface area (TPSA) is 63.6 Å². The number of Topliss-reactive ketones (excluding diaryl/α,β-unsaturated/α-hetero) is 2. The Kier molecular flexibility index (Phi) is 3.06. The molecule has 0 saturated carbocycles. The van der Waals surface area contributed by atoms with Crippen molar-refractivity contribution in [2.75, 3.05) is 7.11 Å². The molecule has 1 aliphatic carbocycles. The summed E-state index contributed by atoms with van der Waals surface area (Å²) in [6, 6.07) is 11.6. The monoisotopic (exact) mass is 280 g/mol. The summed E-state index contributed by atoms with van der Waals surface area (Å²) < 4.78 is 5.02. The van der Waals surface area contributed by atoms with E-state index in [1.165, 1.54) is 13.2 Å². The summed E-state index contributed by atoms with van der Waals surface area (Å²) in [6.07, 6.45) is 1.41. The van der Waals surface area contributed by atoms with E-state index in [1.807, 2.05) is 0 Å². The first-order valence-corrected chi connectivity index (χ1v) is 6.39. The van der Waals surface area contributed by atoms with E-state index in [4.69, 9.17) is 4.74 Å². The van der Waals surface area contributed by atoms with E-state index >= 15 is 0 Å². The Bertz CT molecular complexity index is 750. The maximum Gasteiger partial charge on any atom is 0.197 e. The summed E-state index contributed by atoms with van der Waals surface area (Å²) in [6.45, 7) is 0. The van der Waals surface area contributed by atoms with Crippen molar-refractivity contribution in [3.63, 3.8) is 0 Å². The van der Waals surface area contributed by atoms with Crippen LogP contribution < -0.4 is 4.74 Å². The lowest BCUT2D eigenvalue weighted by molar-refractivity contribution is 0.0990. The van der Waals surface area contributed by atoms with Crippen LogP contribution in [-0.4, -0.2) is 23.8 Å². The lowest BCUT2D eigenvalue weighted by Gasteiger charge is -2.05. The van der Waals surface area contributed by atoms with Crippen molar-refractivity contribution in [2.45, 2.75) is 0 Å². The number of rotatable bonds is 2. The van der Waals surface area contributed by atoms with Crippen molar-refractivity contribution in [2.24, 2.45) is 0 Å². The Morgan fingerprint density at radius 2 is 1.57 bits per heavy atom. The van der Waals surface area contributed by atoms with Gasteiger partial charge in [-0.2, -0.15) is 0 Å². The van der Waals surface area contributed by atoms with Crippen LogP contribution in [0.1, 0.15) is 26.3 Å². The van der Waals surface area contributed by atoms with Crippen LogP contribution in [0.2, 0.25) is 0 Å². The van der Waals surface area contributed by atoms with Crippen molar-refractivity contribution in [1.82, 2.24) is 0 Å². The number of allylic oxidation sites excluding steroid dienone is 1. The van der Waals surface area contributed by atoms with Gasteiger partial charge in [0.25, 0.3) is 0 Å². The maximum atomic E-state index is 12.3. The molecule has 0 amide bonds. The number of phenols is 1. The van der Waals surface area contributed by atoms with Crippen LogP contribution in [-0.2, 0) is 0 Å². The number of carbonyl (C=O) groups excluding carboxylic acids is 2. The lowest BCUT2D eigenvalue weighted by Crippen LogP contribution is -2.00. The van der Waals surface area contributed by atoms with E-state index in [-0.39, 0.29) is 22.9 Å². The van der Waals surface area contributed by atoms with Crippen LogP contribution in [0.3, 0.4) is 0 Å². The van der Waals surface area contributed by atoms with Gasteiger partial charge in [0.15, 0.2) is 23.1 Å². The molecule has 3 rings (SSSR count). The summed E-state index contributed by atoms with van der Waals surface area (Å²) in [5.41, 5.74) is 1.23. The minimum absolute atomic E-state index is 0.0553. The fraction of sp³-hybridized carbons (Fsp3) is 0.0588. The smallest absolute Gasteiger partial charge is 0.197 e. The van der Waals surface area contributed by atoms with E-state index < -0.39 is 0 Å². The van der Waals surface area contributed by atoms with Gasteiger partial charge in [0.05, 0.1) is 12.7 Å². The number of methoxy groups -OCH3 is 1. The molecule has 0 unspecified atom stereocenters. The molecule has 0 heterocycles. The highest BCUT2D eigenvalue weighted by molar-refractivity contribution is 6.41. The molecule has 0 radical (unpaired) electrons. The first-order chi connectivity index (χ1) is 10.1. The van der Waals surface area contributed by atoms with Gasteiger partial charge in [-0.05, 0) is 12.1 Å². The summed E-state index contributed by atoms with van der Waals surface area (Å²) in [5.74, 6) is -0.445. The minimum atomic E-state index is -0.321. The number of ketones is 2. The van der Waals surface area contributed by atoms with Crippen LogP contribution in [0.25, 0.3) is 6.08 Å². The van der Waals surface area contributed by atoms with Gasteiger partial charge in [-0.15, -0.1) is 0 Å². The average molecular weight is 280 g/mol. The molecule has 0 fully saturated rings. The first kappa shape index (κ1) is 13.1. The Labute approximate surface area is 121 Å². The molecule has 0 spiro atoms. The van der Waals surface area contributed by atoms with Gasteiger partial charge in [0.1, 0.15) is 0 Å². The van der Waals surface area contributed by atoms with Gasteiger partial charge in [-0.1, -0.05) is 36.4 Å². The van der Waals surface area contributed by atoms with Crippen LogP contribution in [0.4, 0.5) is 0 Å². The predicted molar refractivity (Wildman–Crippen MR) is 77.7 cm³/mol. The molecule has 1 N–H and O–H groups in total. The second-order valence-electron chi connectivity index (χ2n) is 4.66. The quantitative estimate of drug-likeness (QED) is 0.678. The Morgan fingerprint density at radius 1 is 0.952 bits per heavy atom. The average Bonchev–Trinajstić information content (AvgIpc) is 2.75. The Hall–Kier alpha value is -2.88. The summed E-state index contributed by atoms with van der Waals surface area (Å²) in [4.78, 5) is 24.6. The lowest BCUT2D eigenvalue weighted by atomic mass is 10.1. The number of ether oxygens (including phenoxy) is 1. The predicted octanol–water partition coefficient (Wildman–Crippen LogP) is 2.86. The zero-order chi connectivity index (χ0) is 15.0. The molecule has 4 heteroatoms. The first-order valence-electron chi connectivity index (χ1n) is 6.39. The third kappa shape index (κ3) is 2.01. The molecule has 4 nitrogen and oxygen atoms in total. The van der Waals surface area contributed by atoms with Crippen molar-refractivity contribution in [1.29, 1.82) is 0 Å². The minimum Gasteiger partial charge on any atom is -0.504 e. The molecule has 1 aliphatic rings. The fourth-order valence-corrected chi connectivity index (χ4v) is 2.38. The Morgan fingerprint density at radius 3 is 2.14 bits per heavy atom. The third-order valence-electron chi connectivity index (χ3n) is 3.46. The van der Waals surface area contributed by atoms with E-state index in [0.29, 0.717) is 22.4 Å². The van der Waals surface area contributed by atoms with Gasteiger partial charge in [0.2, 0.25) is 0 Å². The number of hydrogen-bond acceptors (Lipinski definition) is 4. The number of aromatic hydroxyl groups is 1. The molecule has 2 aromatic rings. The van der Waals surface area contributed by atoms with Gasteiger partial charge in [-0.25, -0.2) is 0 Å². The third-order valence-corrected chi connectivity index (χ3v) is 3.46. The maximum absolute atomic E-state index is 12.3. The highest BCUT2D eigenvalue weighted by Crippen LogP contribution is 2.33. The molecule has 0 atom stereocenters. The highest BCUT2D eigenvalue weighted by Gasteiger charge is 2.32. The van der Waals surface area contributed by atoms with Gasteiger partial charge < -0.3 is 9.84 Å². The molecule has 0 saturated heterocycles. The van der Waals surface area contributed by atoms with Crippen molar-refractivity contribution < 1.29 is 19.4 Å². The second-order valence-corrected chi connectivity index (χ2v) is 4.66. The van der Waals surface area contributed by atoms with Gasteiger partial charge in [-0.3, -0.25) is 9.59 Å². The SMILES string of the molecule is COc1cccc(C=C2C(=O)c3ccccc3C2=O)c1O. The van der Waals surface area contributed by atoms with E-state index in [1.54, 1.807) is 42.5 Å².